The summed E-state index contributed by atoms with van der Waals surface area (Å²) in [6.45, 7) is 5.68. The monoisotopic (exact) mass is 894 g/mol. The standard InChI is InChI=1S/C46H88NO13P/c1-4-7-10-13-16-18-19-21-24-27-30-33-41(51)57-38(32-29-26-23-20-17-14-11-8-5-2)35-42(52)59-45-43(46(53)58-39(36-48)44(45)60-61(54,55)56)47-40(50)34-37(49)31-28-25-22-15-12-9-6-3/h37-39,43-46,48-49,53H,4-36H2,1-3H3,(H,47,50)(H2,54,55,56)/t37-,38-,39-,43-,44-,45-,46-/m1/s1. The first kappa shape index (κ1) is 57.4. The van der Waals surface area contributed by atoms with Gasteiger partial charge in [0.1, 0.15) is 24.4 Å². The molecule has 14 nitrogen and oxygen atoms in total. The molecule has 0 aromatic heterocycles. The third-order valence-corrected chi connectivity index (χ3v) is 12.1. The molecule has 0 radical (unpaired) electrons. The van der Waals surface area contributed by atoms with Gasteiger partial charge >= 0.3 is 19.8 Å². The zero-order valence-corrected chi connectivity index (χ0v) is 39.2. The van der Waals surface area contributed by atoms with Gasteiger partial charge < -0.3 is 44.6 Å². The smallest absolute Gasteiger partial charge is 0.462 e. The average molecular weight is 894 g/mol. The highest BCUT2D eigenvalue weighted by Gasteiger charge is 2.51. The minimum atomic E-state index is -5.29. The topological polar surface area (TPSA) is 218 Å². The van der Waals surface area contributed by atoms with Crippen molar-refractivity contribution in [2.75, 3.05) is 6.61 Å². The van der Waals surface area contributed by atoms with Gasteiger partial charge in [0, 0.05) is 6.42 Å². The number of esters is 2. The highest BCUT2D eigenvalue weighted by molar-refractivity contribution is 7.46. The first-order valence-corrected chi connectivity index (χ1v) is 25.9. The van der Waals surface area contributed by atoms with Crippen LogP contribution < -0.4 is 5.32 Å². The Balaban J connectivity index is 2.96. The fourth-order valence-electron chi connectivity index (χ4n) is 7.99. The average Bonchev–Trinajstić information content (AvgIpc) is 3.20. The number of amides is 1. The molecule has 1 amide bonds. The quantitative estimate of drug-likeness (QED) is 0.0192. The van der Waals surface area contributed by atoms with E-state index in [0.29, 0.717) is 25.7 Å². The summed E-state index contributed by atoms with van der Waals surface area (Å²) in [6, 6.07) is -1.58. The lowest BCUT2D eigenvalue weighted by molar-refractivity contribution is -0.256. The summed E-state index contributed by atoms with van der Waals surface area (Å²) in [5.74, 6) is -2.06. The summed E-state index contributed by atoms with van der Waals surface area (Å²) in [7, 11) is -5.29. The summed E-state index contributed by atoms with van der Waals surface area (Å²) in [5.41, 5.74) is 0. The van der Waals surface area contributed by atoms with Crippen molar-refractivity contribution in [2.24, 2.45) is 0 Å². The van der Waals surface area contributed by atoms with Crippen LogP contribution >= 0.6 is 7.82 Å². The number of phosphoric acid groups is 1. The maximum atomic E-state index is 13.7. The van der Waals surface area contributed by atoms with Crippen LogP contribution in [0.4, 0.5) is 0 Å². The summed E-state index contributed by atoms with van der Waals surface area (Å²) in [4.78, 5) is 59.4. The molecule has 1 fully saturated rings. The lowest BCUT2D eigenvalue weighted by Gasteiger charge is -2.43. The number of unbranched alkanes of at least 4 members (excludes halogenated alkanes) is 24. The molecular weight excluding hydrogens is 805 g/mol. The molecule has 15 heteroatoms. The van der Waals surface area contributed by atoms with Gasteiger partial charge in [-0.05, 0) is 25.7 Å². The molecule has 0 aliphatic carbocycles. The number of hydrogen-bond donors (Lipinski definition) is 6. The molecule has 1 rings (SSSR count). The van der Waals surface area contributed by atoms with Crippen molar-refractivity contribution in [3.63, 3.8) is 0 Å². The number of ether oxygens (including phenoxy) is 3. The largest absolute Gasteiger partial charge is 0.470 e. The van der Waals surface area contributed by atoms with E-state index < -0.39 is 81.5 Å². The van der Waals surface area contributed by atoms with Gasteiger partial charge in [0.2, 0.25) is 5.91 Å². The van der Waals surface area contributed by atoms with Gasteiger partial charge in [0.15, 0.2) is 12.4 Å². The van der Waals surface area contributed by atoms with Crippen molar-refractivity contribution < 1.29 is 62.8 Å². The van der Waals surface area contributed by atoms with E-state index in [-0.39, 0.29) is 12.8 Å². The van der Waals surface area contributed by atoms with Crippen LogP contribution in [0.5, 0.6) is 0 Å². The molecule has 0 saturated carbocycles. The third kappa shape index (κ3) is 30.2. The van der Waals surface area contributed by atoms with Crippen LogP contribution in [0.15, 0.2) is 0 Å². The molecular formula is C46H88NO13P. The Labute approximate surface area is 368 Å². The molecule has 0 unspecified atom stereocenters. The summed E-state index contributed by atoms with van der Waals surface area (Å²) >= 11 is 0. The first-order chi connectivity index (χ1) is 29.3. The summed E-state index contributed by atoms with van der Waals surface area (Å²) in [5, 5.41) is 34.1. The second kappa shape index (κ2) is 36.7. The molecule has 0 spiro atoms. The van der Waals surface area contributed by atoms with Gasteiger partial charge in [0.05, 0.1) is 25.6 Å². The van der Waals surface area contributed by atoms with Crippen molar-refractivity contribution in [2.45, 2.75) is 269 Å². The first-order valence-electron chi connectivity index (χ1n) is 24.4. The fourth-order valence-corrected chi connectivity index (χ4v) is 8.57. The van der Waals surface area contributed by atoms with Gasteiger partial charge in [-0.25, -0.2) is 4.57 Å². The number of carbonyl (C=O) groups is 3. The van der Waals surface area contributed by atoms with E-state index in [1.54, 1.807) is 0 Å². The number of carbonyl (C=O) groups excluding carboxylic acids is 3. The number of aliphatic hydroxyl groups excluding tert-OH is 3. The molecule has 360 valence electrons. The van der Waals surface area contributed by atoms with Crippen LogP contribution in [0.25, 0.3) is 0 Å². The van der Waals surface area contributed by atoms with E-state index in [4.69, 9.17) is 18.7 Å². The maximum absolute atomic E-state index is 13.7. The number of rotatable bonds is 40. The van der Waals surface area contributed by atoms with Gasteiger partial charge in [-0.2, -0.15) is 0 Å². The van der Waals surface area contributed by atoms with Gasteiger partial charge in [-0.3, -0.25) is 18.9 Å². The molecule has 61 heavy (non-hydrogen) atoms. The normalized spacial score (nSPS) is 20.3. The van der Waals surface area contributed by atoms with Crippen LogP contribution in [0, 0.1) is 0 Å². The summed E-state index contributed by atoms with van der Waals surface area (Å²) in [6.07, 6.45) is 21.0. The number of phosphoric ester groups is 1. The molecule has 6 N–H and O–H groups in total. The van der Waals surface area contributed by atoms with Crippen molar-refractivity contribution in [1.29, 1.82) is 0 Å². The highest BCUT2D eigenvalue weighted by atomic mass is 31.2. The molecule has 1 aliphatic rings. The number of nitrogens with one attached hydrogen (secondary N) is 1. The Hall–Kier alpha value is -1.64. The van der Waals surface area contributed by atoms with Crippen LogP contribution in [0.1, 0.15) is 226 Å². The summed E-state index contributed by atoms with van der Waals surface area (Å²) < 4.78 is 34.0. The SMILES string of the molecule is CCCCCCCCCCCCCC(=O)O[C@H](CCCCCCCCCCC)CC(=O)O[C@@H]1[C@@H](NC(=O)C[C@H](O)CCCCCCCCC)[C@H](O)O[C@H](CO)[C@H]1OP(=O)(O)O. The van der Waals surface area contributed by atoms with Crippen LogP contribution in [0.2, 0.25) is 0 Å². The lowest BCUT2D eigenvalue weighted by atomic mass is 9.96. The Morgan fingerprint density at radius 3 is 1.52 bits per heavy atom. The second-order valence-corrected chi connectivity index (χ2v) is 18.5. The van der Waals surface area contributed by atoms with Crippen LogP contribution in [-0.4, -0.2) is 92.4 Å². The van der Waals surface area contributed by atoms with Gasteiger partial charge in [-0.1, -0.05) is 181 Å². The van der Waals surface area contributed by atoms with Crippen LogP contribution in [-0.2, 0) is 37.7 Å². The van der Waals surface area contributed by atoms with E-state index >= 15 is 0 Å². The predicted octanol–water partition coefficient (Wildman–Crippen LogP) is 9.39. The third-order valence-electron chi connectivity index (χ3n) is 11.6. The fraction of sp³-hybridized carbons (Fsp3) is 0.935. The van der Waals surface area contributed by atoms with Crippen molar-refractivity contribution in [3.8, 4) is 0 Å². The predicted molar refractivity (Wildman–Crippen MR) is 237 cm³/mol. The number of hydrogen-bond acceptors (Lipinski definition) is 11. The van der Waals surface area contributed by atoms with E-state index in [0.717, 1.165) is 83.5 Å². The van der Waals surface area contributed by atoms with Gasteiger partial charge in [-0.15, -0.1) is 0 Å². The zero-order valence-electron chi connectivity index (χ0n) is 38.3. The van der Waals surface area contributed by atoms with Crippen molar-refractivity contribution in [1.82, 2.24) is 5.32 Å². The lowest BCUT2D eigenvalue weighted by Crippen LogP contribution is -2.65. The Bertz CT molecular complexity index is 1160. The van der Waals surface area contributed by atoms with E-state index in [1.807, 2.05) is 0 Å². The molecule has 0 bridgehead atoms. The Morgan fingerprint density at radius 1 is 0.623 bits per heavy atom. The molecule has 0 aromatic rings. The number of aliphatic hydroxyl groups is 3. The van der Waals surface area contributed by atoms with Crippen molar-refractivity contribution in [3.05, 3.63) is 0 Å². The molecule has 0 aromatic carbocycles. The molecule has 1 saturated heterocycles. The van der Waals surface area contributed by atoms with E-state index in [2.05, 4.69) is 26.1 Å². The Kier molecular flexibility index (Phi) is 34.5. The molecule has 1 heterocycles. The molecule has 7 atom stereocenters. The maximum Gasteiger partial charge on any atom is 0.470 e. The zero-order chi connectivity index (χ0) is 45.1. The minimum Gasteiger partial charge on any atom is -0.462 e. The van der Waals surface area contributed by atoms with E-state index in [9.17, 15) is 44.1 Å². The van der Waals surface area contributed by atoms with Crippen molar-refractivity contribution >= 4 is 25.7 Å². The highest BCUT2D eigenvalue weighted by Crippen LogP contribution is 2.42. The Morgan fingerprint density at radius 2 is 1.07 bits per heavy atom. The second-order valence-electron chi connectivity index (χ2n) is 17.3. The van der Waals surface area contributed by atoms with Gasteiger partial charge in [0.25, 0.3) is 0 Å². The van der Waals surface area contributed by atoms with Crippen LogP contribution in [0.3, 0.4) is 0 Å². The minimum absolute atomic E-state index is 0.210. The molecule has 1 aliphatic heterocycles. The van der Waals surface area contributed by atoms with E-state index in [1.165, 1.54) is 77.0 Å².